The lowest BCUT2D eigenvalue weighted by Gasteiger charge is -2.14. The van der Waals surface area contributed by atoms with Gasteiger partial charge in [0, 0.05) is 31.0 Å². The van der Waals surface area contributed by atoms with Crippen LogP contribution in [0.1, 0.15) is 5.56 Å². The summed E-state index contributed by atoms with van der Waals surface area (Å²) in [5.74, 6) is 1.25. The summed E-state index contributed by atoms with van der Waals surface area (Å²) in [5.41, 5.74) is 7.96. The topological polar surface area (TPSA) is 60.2 Å². The van der Waals surface area contributed by atoms with Gasteiger partial charge in [0.1, 0.15) is 0 Å². The van der Waals surface area contributed by atoms with Gasteiger partial charge in [-0.05, 0) is 17.7 Å². The minimum Gasteiger partial charge on any atom is -0.476 e. The van der Waals surface area contributed by atoms with Crippen molar-refractivity contribution < 1.29 is 4.74 Å². The Bertz CT molecular complexity index is 536. The van der Waals surface area contributed by atoms with Crippen molar-refractivity contribution in [1.29, 1.82) is 0 Å². The monoisotopic (exact) mass is 303 g/mol. The number of aromatic nitrogens is 1. The zero-order chi connectivity index (χ0) is 14.9. The Labute approximate surface area is 131 Å². The maximum atomic E-state index is 5.85. The van der Waals surface area contributed by atoms with E-state index >= 15 is 0 Å². The minimum atomic E-state index is 0.00529. The number of nitrogens with two attached hydrogens (primary N) is 1. The summed E-state index contributed by atoms with van der Waals surface area (Å²) in [7, 11) is 0. The molecule has 0 spiro atoms. The normalized spacial score (nSPS) is 11.9. The lowest BCUT2D eigenvalue weighted by atomic mass is 10.2. The van der Waals surface area contributed by atoms with Gasteiger partial charge in [0.25, 0.3) is 0 Å². The highest BCUT2D eigenvalue weighted by Gasteiger charge is 2.06. The van der Waals surface area contributed by atoms with Gasteiger partial charge in [-0.1, -0.05) is 30.3 Å². The third kappa shape index (κ3) is 5.28. The molecule has 1 atom stereocenters. The molecule has 0 saturated carbocycles. The number of rotatable bonds is 8. The van der Waals surface area contributed by atoms with Gasteiger partial charge in [-0.25, -0.2) is 4.98 Å². The van der Waals surface area contributed by atoms with Crippen LogP contribution in [0.4, 0.5) is 5.69 Å². The second-order valence-corrected chi connectivity index (χ2v) is 5.13. The van der Waals surface area contributed by atoms with E-state index in [4.69, 9.17) is 10.5 Å². The fourth-order valence-electron chi connectivity index (χ4n) is 1.86. The molecular weight excluding hydrogens is 282 g/mol. The molecule has 1 heterocycles. The second-order valence-electron chi connectivity index (χ2n) is 4.76. The molecule has 21 heavy (non-hydrogen) atoms. The minimum absolute atomic E-state index is 0.00529. The van der Waals surface area contributed by atoms with Crippen molar-refractivity contribution in [3.63, 3.8) is 0 Å². The Morgan fingerprint density at radius 2 is 2.00 bits per heavy atom. The van der Waals surface area contributed by atoms with Gasteiger partial charge >= 0.3 is 0 Å². The average Bonchev–Trinajstić information content (AvgIpc) is 2.54. The van der Waals surface area contributed by atoms with Crippen molar-refractivity contribution in [1.82, 2.24) is 4.98 Å². The average molecular weight is 303 g/mol. The molecule has 2 aromatic rings. The van der Waals surface area contributed by atoms with Crippen LogP contribution >= 0.6 is 12.6 Å². The predicted molar refractivity (Wildman–Crippen MR) is 90.2 cm³/mol. The fourth-order valence-corrected chi connectivity index (χ4v) is 1.99. The standard InChI is InChI=1S/C16H21N3OS/c17-14(12-21)11-19-15-7-4-9-18-16(15)20-10-8-13-5-2-1-3-6-13/h1-7,9,14,19,21H,8,10-12,17H2. The number of anilines is 1. The number of nitrogens with zero attached hydrogens (tertiary/aromatic N) is 1. The van der Waals surface area contributed by atoms with Crippen LogP contribution in [0, 0.1) is 0 Å². The molecule has 112 valence electrons. The predicted octanol–water partition coefficient (Wildman–Crippen LogP) is 2.37. The van der Waals surface area contributed by atoms with E-state index in [-0.39, 0.29) is 6.04 Å². The zero-order valence-electron chi connectivity index (χ0n) is 11.9. The molecule has 0 saturated heterocycles. The molecule has 3 N–H and O–H groups in total. The largest absolute Gasteiger partial charge is 0.476 e. The zero-order valence-corrected chi connectivity index (χ0v) is 12.8. The number of thiol groups is 1. The van der Waals surface area contributed by atoms with E-state index in [2.05, 4.69) is 35.1 Å². The van der Waals surface area contributed by atoms with Crippen LogP contribution in [0.3, 0.4) is 0 Å². The molecule has 5 heteroatoms. The summed E-state index contributed by atoms with van der Waals surface area (Å²) in [5, 5.41) is 3.25. The van der Waals surface area contributed by atoms with Crippen LogP contribution in [-0.2, 0) is 6.42 Å². The Hall–Kier alpha value is -1.72. The molecule has 0 bridgehead atoms. The van der Waals surface area contributed by atoms with Crippen molar-refractivity contribution >= 4 is 18.3 Å². The molecule has 0 radical (unpaired) electrons. The first-order chi connectivity index (χ1) is 10.3. The smallest absolute Gasteiger partial charge is 0.237 e. The molecular formula is C16H21N3OS. The van der Waals surface area contributed by atoms with Gasteiger partial charge < -0.3 is 15.8 Å². The maximum Gasteiger partial charge on any atom is 0.237 e. The van der Waals surface area contributed by atoms with Crippen molar-refractivity contribution in [2.24, 2.45) is 5.73 Å². The maximum absolute atomic E-state index is 5.85. The van der Waals surface area contributed by atoms with Crippen LogP contribution < -0.4 is 15.8 Å². The van der Waals surface area contributed by atoms with E-state index in [1.165, 1.54) is 5.56 Å². The Morgan fingerprint density at radius 1 is 1.19 bits per heavy atom. The number of nitrogens with one attached hydrogen (secondary N) is 1. The van der Waals surface area contributed by atoms with Crippen molar-refractivity contribution in [2.45, 2.75) is 12.5 Å². The Balaban J connectivity index is 1.87. The molecule has 1 unspecified atom stereocenters. The quantitative estimate of drug-likeness (QED) is 0.655. The van der Waals surface area contributed by atoms with E-state index in [1.807, 2.05) is 30.3 Å². The number of pyridine rings is 1. The molecule has 0 aliphatic rings. The SMILES string of the molecule is NC(CS)CNc1cccnc1OCCc1ccccc1. The van der Waals surface area contributed by atoms with Crippen molar-refractivity contribution in [3.05, 3.63) is 54.2 Å². The van der Waals surface area contributed by atoms with Crippen LogP contribution in [0.5, 0.6) is 5.88 Å². The van der Waals surface area contributed by atoms with Crippen molar-refractivity contribution in [3.8, 4) is 5.88 Å². The summed E-state index contributed by atoms with van der Waals surface area (Å²) in [6.07, 6.45) is 2.58. The van der Waals surface area contributed by atoms with Crippen LogP contribution in [0.25, 0.3) is 0 Å². The molecule has 1 aromatic carbocycles. The highest BCUT2D eigenvalue weighted by atomic mass is 32.1. The summed E-state index contributed by atoms with van der Waals surface area (Å²) in [6, 6.07) is 14.1. The molecule has 0 aliphatic carbocycles. The number of benzene rings is 1. The fraction of sp³-hybridized carbons (Fsp3) is 0.312. The van der Waals surface area contributed by atoms with E-state index in [1.54, 1.807) is 6.20 Å². The van der Waals surface area contributed by atoms with Gasteiger partial charge in [-0.15, -0.1) is 0 Å². The molecule has 0 amide bonds. The lowest BCUT2D eigenvalue weighted by Crippen LogP contribution is -2.30. The van der Waals surface area contributed by atoms with E-state index in [0.29, 0.717) is 24.8 Å². The molecule has 2 rings (SSSR count). The van der Waals surface area contributed by atoms with Gasteiger partial charge in [-0.3, -0.25) is 0 Å². The summed E-state index contributed by atoms with van der Waals surface area (Å²) >= 11 is 4.17. The number of ether oxygens (including phenoxy) is 1. The third-order valence-electron chi connectivity index (χ3n) is 3.03. The molecule has 0 aliphatic heterocycles. The first kappa shape index (κ1) is 15.7. The molecule has 1 aromatic heterocycles. The highest BCUT2D eigenvalue weighted by molar-refractivity contribution is 7.80. The van der Waals surface area contributed by atoms with E-state index in [9.17, 15) is 0 Å². The van der Waals surface area contributed by atoms with Gasteiger partial charge in [0.05, 0.1) is 12.3 Å². The van der Waals surface area contributed by atoms with Crippen LogP contribution in [0.15, 0.2) is 48.7 Å². The Morgan fingerprint density at radius 3 is 2.76 bits per heavy atom. The van der Waals surface area contributed by atoms with Gasteiger partial charge in [0.15, 0.2) is 0 Å². The summed E-state index contributed by atoms with van der Waals surface area (Å²) < 4.78 is 5.77. The van der Waals surface area contributed by atoms with Crippen LogP contribution in [0.2, 0.25) is 0 Å². The number of hydrogen-bond acceptors (Lipinski definition) is 5. The highest BCUT2D eigenvalue weighted by Crippen LogP contribution is 2.20. The van der Waals surface area contributed by atoms with E-state index < -0.39 is 0 Å². The van der Waals surface area contributed by atoms with Crippen LogP contribution in [-0.4, -0.2) is 29.9 Å². The molecule has 0 fully saturated rings. The van der Waals surface area contributed by atoms with E-state index in [0.717, 1.165) is 12.1 Å². The summed E-state index contributed by atoms with van der Waals surface area (Å²) in [4.78, 5) is 4.27. The molecule has 4 nitrogen and oxygen atoms in total. The first-order valence-electron chi connectivity index (χ1n) is 7.01. The third-order valence-corrected chi connectivity index (χ3v) is 3.50. The first-order valence-corrected chi connectivity index (χ1v) is 7.65. The van der Waals surface area contributed by atoms with Crippen molar-refractivity contribution in [2.75, 3.05) is 24.2 Å². The second kappa shape index (κ2) is 8.54. The summed E-state index contributed by atoms with van der Waals surface area (Å²) in [6.45, 7) is 1.23. The Kier molecular flexibility index (Phi) is 6.37. The van der Waals surface area contributed by atoms with Gasteiger partial charge in [-0.2, -0.15) is 12.6 Å². The lowest BCUT2D eigenvalue weighted by molar-refractivity contribution is 0.311. The number of hydrogen-bond donors (Lipinski definition) is 3. The van der Waals surface area contributed by atoms with Gasteiger partial charge in [0.2, 0.25) is 5.88 Å².